The highest BCUT2D eigenvalue weighted by atomic mass is 32.2. The number of ketones is 1. The van der Waals surface area contributed by atoms with E-state index in [0.29, 0.717) is 30.5 Å². The van der Waals surface area contributed by atoms with Crippen molar-refractivity contribution >= 4 is 32.5 Å². The lowest BCUT2D eigenvalue weighted by Crippen LogP contribution is -2.18. The van der Waals surface area contributed by atoms with Gasteiger partial charge in [0.25, 0.3) is 0 Å². The van der Waals surface area contributed by atoms with E-state index in [1.54, 1.807) is 26.3 Å². The zero-order chi connectivity index (χ0) is 22.6. The third-order valence-electron chi connectivity index (χ3n) is 4.70. The Morgan fingerprint density at radius 1 is 1.29 bits per heavy atom. The summed E-state index contributed by atoms with van der Waals surface area (Å²) >= 11 is 0. The van der Waals surface area contributed by atoms with Gasteiger partial charge in [-0.15, -0.1) is 0 Å². The number of fused-ring (bicyclic) bond motifs is 1. The molecule has 0 aliphatic carbocycles. The number of carbonyl (C=O) groups excluding carboxylic acids is 1. The standard InChI is InChI=1S/C21H23F2N3O4S/c1-3-9-31(28,29)26-17-7-6-16(22)18(19(17)23)20(27)15-12-25-21-14(15)10-13(11-24-21)5-4-8-30-2/h6-7,10-12,26H,3-5,8-9H2,1-2H3,(H,24,25). The Labute approximate surface area is 178 Å². The van der Waals surface area contributed by atoms with Gasteiger partial charge in [-0.2, -0.15) is 0 Å². The largest absolute Gasteiger partial charge is 0.385 e. The van der Waals surface area contributed by atoms with Crippen molar-refractivity contribution in [2.75, 3.05) is 24.2 Å². The first-order valence-corrected chi connectivity index (χ1v) is 11.4. The molecule has 0 aliphatic heterocycles. The Bertz CT molecular complexity index is 1210. The van der Waals surface area contributed by atoms with Crippen LogP contribution in [0.1, 0.15) is 41.3 Å². The number of pyridine rings is 1. The van der Waals surface area contributed by atoms with Gasteiger partial charge in [0, 0.05) is 37.1 Å². The summed E-state index contributed by atoms with van der Waals surface area (Å²) in [5.41, 5.74) is -0.0130. The minimum atomic E-state index is -3.82. The number of halogens is 2. The average Bonchev–Trinajstić information content (AvgIpc) is 3.13. The van der Waals surface area contributed by atoms with Gasteiger partial charge in [0.05, 0.1) is 17.0 Å². The number of hydrogen-bond acceptors (Lipinski definition) is 5. The predicted octanol–water partition coefficient (Wildman–Crippen LogP) is 3.80. The summed E-state index contributed by atoms with van der Waals surface area (Å²) in [5, 5.41) is 0.427. The first-order chi connectivity index (χ1) is 14.8. The van der Waals surface area contributed by atoms with Crippen LogP contribution in [-0.2, 0) is 21.2 Å². The van der Waals surface area contributed by atoms with Crippen LogP contribution in [0.2, 0.25) is 0 Å². The molecule has 0 saturated heterocycles. The second-order valence-electron chi connectivity index (χ2n) is 7.07. The maximum atomic E-state index is 15.0. The van der Waals surface area contributed by atoms with Crippen LogP contribution in [0.15, 0.2) is 30.6 Å². The molecule has 1 aromatic carbocycles. The summed E-state index contributed by atoms with van der Waals surface area (Å²) in [5.74, 6) is -3.48. The quantitative estimate of drug-likeness (QED) is 0.361. The van der Waals surface area contributed by atoms with Crippen molar-refractivity contribution in [1.82, 2.24) is 9.97 Å². The molecule has 0 radical (unpaired) electrons. The number of carbonyl (C=O) groups is 1. The van der Waals surface area contributed by atoms with Gasteiger partial charge in [0.2, 0.25) is 15.8 Å². The van der Waals surface area contributed by atoms with Crippen LogP contribution in [0.3, 0.4) is 0 Å². The van der Waals surface area contributed by atoms with Gasteiger partial charge in [-0.05, 0) is 43.0 Å². The monoisotopic (exact) mass is 451 g/mol. The van der Waals surface area contributed by atoms with Crippen molar-refractivity contribution < 1.29 is 26.7 Å². The number of benzene rings is 1. The van der Waals surface area contributed by atoms with Crippen LogP contribution < -0.4 is 4.72 Å². The molecule has 0 fully saturated rings. The number of nitrogens with zero attached hydrogens (tertiary/aromatic N) is 1. The first-order valence-electron chi connectivity index (χ1n) is 9.75. The van der Waals surface area contributed by atoms with Crippen molar-refractivity contribution in [3.63, 3.8) is 0 Å². The molecule has 2 N–H and O–H groups in total. The van der Waals surface area contributed by atoms with Crippen molar-refractivity contribution in [3.05, 3.63) is 58.9 Å². The van der Waals surface area contributed by atoms with E-state index in [4.69, 9.17) is 4.74 Å². The Morgan fingerprint density at radius 3 is 2.77 bits per heavy atom. The first kappa shape index (κ1) is 22.8. The van der Waals surface area contributed by atoms with E-state index in [-0.39, 0.29) is 11.3 Å². The smallest absolute Gasteiger partial charge is 0.232 e. The molecular formula is C21H23F2N3O4S. The van der Waals surface area contributed by atoms with Gasteiger partial charge < -0.3 is 9.72 Å². The van der Waals surface area contributed by atoms with Gasteiger partial charge in [-0.25, -0.2) is 22.2 Å². The van der Waals surface area contributed by atoms with Gasteiger partial charge in [-0.1, -0.05) is 6.92 Å². The molecule has 0 atom stereocenters. The summed E-state index contributed by atoms with van der Waals surface area (Å²) in [6.45, 7) is 2.22. The molecule has 0 saturated carbocycles. The SMILES string of the molecule is CCCS(=O)(=O)Nc1ccc(F)c(C(=O)c2c[nH]c3ncc(CCCOC)cc23)c1F. The lowest BCUT2D eigenvalue weighted by atomic mass is 10.0. The van der Waals surface area contributed by atoms with Gasteiger partial charge in [0.15, 0.2) is 5.82 Å². The molecule has 31 heavy (non-hydrogen) atoms. The number of nitrogens with one attached hydrogen (secondary N) is 2. The predicted molar refractivity (Wildman–Crippen MR) is 114 cm³/mol. The van der Waals surface area contributed by atoms with E-state index in [1.165, 1.54) is 6.20 Å². The maximum Gasteiger partial charge on any atom is 0.232 e. The number of aryl methyl sites for hydroxylation is 1. The minimum absolute atomic E-state index is 0.0439. The number of methoxy groups -OCH3 is 1. The molecule has 10 heteroatoms. The lowest BCUT2D eigenvalue weighted by Gasteiger charge is -2.11. The normalized spacial score (nSPS) is 11.7. The molecule has 2 heterocycles. The third kappa shape index (κ3) is 5.08. The molecule has 7 nitrogen and oxygen atoms in total. The molecule has 3 rings (SSSR count). The second-order valence-corrected chi connectivity index (χ2v) is 8.91. The fourth-order valence-corrected chi connectivity index (χ4v) is 4.39. The van der Waals surface area contributed by atoms with Crippen LogP contribution in [0.4, 0.5) is 14.5 Å². The number of rotatable bonds is 10. The van der Waals surface area contributed by atoms with Crippen molar-refractivity contribution in [1.29, 1.82) is 0 Å². The summed E-state index contributed by atoms with van der Waals surface area (Å²) in [7, 11) is -2.22. The highest BCUT2D eigenvalue weighted by Gasteiger charge is 2.25. The van der Waals surface area contributed by atoms with E-state index >= 15 is 4.39 Å². The fourth-order valence-electron chi connectivity index (χ4n) is 3.25. The van der Waals surface area contributed by atoms with E-state index in [1.807, 2.05) is 0 Å². The second kappa shape index (κ2) is 9.52. The number of aromatic amines is 1. The topological polar surface area (TPSA) is 101 Å². The van der Waals surface area contributed by atoms with Gasteiger partial charge in [-0.3, -0.25) is 9.52 Å². The highest BCUT2D eigenvalue weighted by molar-refractivity contribution is 7.92. The molecule has 0 aliphatic rings. The lowest BCUT2D eigenvalue weighted by molar-refractivity contribution is 0.103. The molecule has 0 bridgehead atoms. The van der Waals surface area contributed by atoms with Gasteiger partial charge in [0.1, 0.15) is 11.5 Å². The Balaban J connectivity index is 2.00. The Hall–Kier alpha value is -2.85. The molecule has 2 aromatic heterocycles. The van der Waals surface area contributed by atoms with Crippen LogP contribution >= 0.6 is 0 Å². The molecule has 166 valence electrons. The van der Waals surface area contributed by atoms with E-state index in [9.17, 15) is 17.6 Å². The van der Waals surface area contributed by atoms with Crippen LogP contribution in [0.5, 0.6) is 0 Å². The average molecular weight is 451 g/mol. The van der Waals surface area contributed by atoms with Crippen LogP contribution in [0.25, 0.3) is 11.0 Å². The summed E-state index contributed by atoms with van der Waals surface area (Å²) < 4.78 is 60.5. The molecule has 0 unspecified atom stereocenters. The van der Waals surface area contributed by atoms with E-state index < -0.39 is 38.7 Å². The zero-order valence-corrected chi connectivity index (χ0v) is 18.0. The number of aromatic nitrogens is 2. The summed E-state index contributed by atoms with van der Waals surface area (Å²) in [6.07, 6.45) is 4.73. The van der Waals surface area contributed by atoms with Crippen molar-refractivity contribution in [3.8, 4) is 0 Å². The minimum Gasteiger partial charge on any atom is -0.385 e. The van der Waals surface area contributed by atoms with E-state index in [0.717, 1.165) is 24.1 Å². The Morgan fingerprint density at radius 2 is 2.06 bits per heavy atom. The van der Waals surface area contributed by atoms with Crippen LogP contribution in [0, 0.1) is 11.6 Å². The van der Waals surface area contributed by atoms with Gasteiger partial charge >= 0.3 is 0 Å². The molecule has 3 aromatic rings. The number of anilines is 1. The number of hydrogen-bond donors (Lipinski definition) is 2. The van der Waals surface area contributed by atoms with E-state index in [2.05, 4.69) is 14.7 Å². The maximum absolute atomic E-state index is 15.0. The molecular weight excluding hydrogens is 428 g/mol. The van der Waals surface area contributed by atoms with Crippen LogP contribution in [-0.4, -0.2) is 43.6 Å². The fraction of sp³-hybridized carbons (Fsp3) is 0.333. The summed E-state index contributed by atoms with van der Waals surface area (Å²) in [4.78, 5) is 20.1. The third-order valence-corrected chi connectivity index (χ3v) is 6.18. The summed E-state index contributed by atoms with van der Waals surface area (Å²) in [6, 6.07) is 3.56. The molecule has 0 amide bonds. The van der Waals surface area contributed by atoms with Crippen molar-refractivity contribution in [2.45, 2.75) is 26.2 Å². The number of H-pyrrole nitrogens is 1. The highest BCUT2D eigenvalue weighted by Crippen LogP contribution is 2.28. The zero-order valence-electron chi connectivity index (χ0n) is 17.2. The Kier molecular flexibility index (Phi) is 7.01. The number of ether oxygens (including phenoxy) is 1. The van der Waals surface area contributed by atoms with Crippen molar-refractivity contribution in [2.24, 2.45) is 0 Å². The number of sulfonamides is 1. The molecule has 0 spiro atoms.